The van der Waals surface area contributed by atoms with E-state index in [1.54, 1.807) is 24.3 Å². The second kappa shape index (κ2) is 7.42. The lowest BCUT2D eigenvalue weighted by Gasteiger charge is -2.22. The van der Waals surface area contributed by atoms with Gasteiger partial charge in [0.2, 0.25) is 0 Å². The van der Waals surface area contributed by atoms with E-state index in [-0.39, 0.29) is 0 Å². The van der Waals surface area contributed by atoms with Gasteiger partial charge in [-0.3, -0.25) is 9.59 Å². The number of nitrogens with one attached hydrogen (secondary N) is 1. The Morgan fingerprint density at radius 1 is 1.24 bits per heavy atom. The average molecular weight is 292 g/mol. The molecule has 0 bridgehead atoms. The van der Waals surface area contributed by atoms with Gasteiger partial charge >= 0.3 is 11.9 Å². The summed E-state index contributed by atoms with van der Waals surface area (Å²) < 4.78 is 9.55. The minimum Gasteiger partial charge on any atom is -0.467 e. The number of carbonyl (C=O) groups is 3. The molecule has 0 heterocycles. The van der Waals surface area contributed by atoms with Crippen molar-refractivity contribution in [3.05, 3.63) is 42.3 Å². The Morgan fingerprint density at radius 2 is 1.86 bits per heavy atom. The molecule has 1 N–H and O–H groups in total. The number of hydrogen-bond donors (Lipinski definition) is 1. The molecule has 0 saturated carbocycles. The number of esters is 2. The monoisotopic (exact) mass is 292 g/mol. The first-order valence-electron chi connectivity index (χ1n) is 6.33. The summed E-state index contributed by atoms with van der Waals surface area (Å²) in [7, 11) is 1.19. The zero-order valence-corrected chi connectivity index (χ0v) is 12.2. The van der Waals surface area contributed by atoms with Crippen molar-refractivity contribution >= 4 is 17.8 Å². The number of hydrogen-bond acceptors (Lipinski definition) is 5. The molecule has 0 aliphatic heterocycles. The van der Waals surface area contributed by atoms with E-state index in [0.29, 0.717) is 11.1 Å². The SMILES string of the molecule is [CH2]c1ccccc1C(=O)NC(C(=O)OC)C(C)OC(C)=O. The van der Waals surface area contributed by atoms with Crippen LogP contribution in [-0.4, -0.2) is 37.1 Å². The van der Waals surface area contributed by atoms with Gasteiger partial charge in [0.1, 0.15) is 6.10 Å². The van der Waals surface area contributed by atoms with Gasteiger partial charge in [0, 0.05) is 12.5 Å². The Labute approximate surface area is 123 Å². The summed E-state index contributed by atoms with van der Waals surface area (Å²) in [6, 6.07) is 5.61. The van der Waals surface area contributed by atoms with Gasteiger partial charge in [0.25, 0.3) is 5.91 Å². The summed E-state index contributed by atoms with van der Waals surface area (Å²) in [5.74, 6) is -1.74. The molecule has 0 aromatic heterocycles. The third-order valence-electron chi connectivity index (χ3n) is 2.82. The average Bonchev–Trinajstić information content (AvgIpc) is 2.43. The summed E-state index contributed by atoms with van der Waals surface area (Å²) >= 11 is 0. The van der Waals surface area contributed by atoms with Gasteiger partial charge in [-0.25, -0.2) is 4.79 Å². The quantitative estimate of drug-likeness (QED) is 0.822. The number of ether oxygens (including phenoxy) is 2. The van der Waals surface area contributed by atoms with Gasteiger partial charge in [-0.15, -0.1) is 0 Å². The maximum absolute atomic E-state index is 12.2. The fourth-order valence-electron chi connectivity index (χ4n) is 1.79. The lowest BCUT2D eigenvalue weighted by Crippen LogP contribution is -2.49. The van der Waals surface area contributed by atoms with E-state index in [1.165, 1.54) is 21.0 Å². The topological polar surface area (TPSA) is 81.7 Å². The van der Waals surface area contributed by atoms with Crippen molar-refractivity contribution in [2.75, 3.05) is 7.11 Å². The lowest BCUT2D eigenvalue weighted by molar-refractivity contribution is -0.154. The number of rotatable bonds is 5. The van der Waals surface area contributed by atoms with Crippen LogP contribution in [-0.2, 0) is 19.1 Å². The summed E-state index contributed by atoms with van der Waals surface area (Å²) in [5, 5.41) is 2.50. The van der Waals surface area contributed by atoms with Gasteiger partial charge in [-0.1, -0.05) is 18.2 Å². The smallest absolute Gasteiger partial charge is 0.332 e. The van der Waals surface area contributed by atoms with Gasteiger partial charge in [-0.2, -0.15) is 0 Å². The molecular formula is C15H18NO5. The summed E-state index contributed by atoms with van der Waals surface area (Å²) in [5.41, 5.74) is 0.861. The number of benzene rings is 1. The standard InChI is InChI=1S/C15H18NO5/c1-9-7-5-6-8-12(9)14(18)16-13(15(19)20-4)10(2)21-11(3)17/h5-8,10,13H,1H2,2-4H3,(H,16,18). The highest BCUT2D eigenvalue weighted by molar-refractivity contribution is 5.98. The molecule has 113 valence electrons. The molecule has 0 aliphatic carbocycles. The molecule has 1 rings (SSSR count). The van der Waals surface area contributed by atoms with Crippen molar-refractivity contribution in [3.8, 4) is 0 Å². The third kappa shape index (κ3) is 4.59. The third-order valence-corrected chi connectivity index (χ3v) is 2.82. The first-order chi connectivity index (χ1) is 9.86. The molecule has 2 atom stereocenters. The molecule has 0 aliphatic rings. The highest BCUT2D eigenvalue weighted by Crippen LogP contribution is 2.09. The van der Waals surface area contributed by atoms with Gasteiger partial charge in [0.05, 0.1) is 7.11 Å². The van der Waals surface area contributed by atoms with Crippen molar-refractivity contribution in [1.82, 2.24) is 5.32 Å². The maximum atomic E-state index is 12.2. The molecule has 1 aromatic rings. The Kier molecular flexibility index (Phi) is 5.90. The van der Waals surface area contributed by atoms with E-state index in [9.17, 15) is 14.4 Å². The van der Waals surface area contributed by atoms with E-state index in [4.69, 9.17) is 4.74 Å². The Balaban J connectivity index is 2.91. The number of amides is 1. The first kappa shape index (κ1) is 16.7. The predicted molar refractivity (Wildman–Crippen MR) is 75.4 cm³/mol. The predicted octanol–water partition coefficient (Wildman–Crippen LogP) is 1.09. The van der Waals surface area contributed by atoms with Crippen LogP contribution in [0.2, 0.25) is 0 Å². The molecule has 6 heteroatoms. The molecule has 0 spiro atoms. The van der Waals surface area contributed by atoms with E-state index in [2.05, 4.69) is 17.0 Å². The van der Waals surface area contributed by atoms with Gasteiger partial charge in [0.15, 0.2) is 6.04 Å². The molecule has 1 radical (unpaired) electrons. The second-order valence-electron chi connectivity index (χ2n) is 4.45. The van der Waals surface area contributed by atoms with Crippen LogP contribution in [0.3, 0.4) is 0 Å². The molecule has 1 amide bonds. The van der Waals surface area contributed by atoms with Crippen molar-refractivity contribution in [2.45, 2.75) is 26.0 Å². The Hall–Kier alpha value is -2.37. The van der Waals surface area contributed by atoms with Crippen LogP contribution < -0.4 is 5.32 Å². The molecule has 1 aromatic carbocycles. The van der Waals surface area contributed by atoms with Crippen LogP contribution in [0.5, 0.6) is 0 Å². The zero-order chi connectivity index (χ0) is 16.0. The van der Waals surface area contributed by atoms with Crippen molar-refractivity contribution in [3.63, 3.8) is 0 Å². The minimum absolute atomic E-state index is 0.335. The molecule has 2 unspecified atom stereocenters. The maximum Gasteiger partial charge on any atom is 0.332 e. The summed E-state index contributed by atoms with van der Waals surface area (Å²) in [4.78, 5) is 34.9. The van der Waals surface area contributed by atoms with Crippen LogP contribution >= 0.6 is 0 Å². The van der Waals surface area contributed by atoms with E-state index in [0.717, 1.165) is 0 Å². The van der Waals surface area contributed by atoms with Crippen LogP contribution in [0.25, 0.3) is 0 Å². The molecule has 0 saturated heterocycles. The Bertz CT molecular complexity index is 541. The second-order valence-corrected chi connectivity index (χ2v) is 4.45. The molecule has 21 heavy (non-hydrogen) atoms. The van der Waals surface area contributed by atoms with Crippen molar-refractivity contribution in [2.24, 2.45) is 0 Å². The fourth-order valence-corrected chi connectivity index (χ4v) is 1.79. The molecule has 0 fully saturated rings. The van der Waals surface area contributed by atoms with Gasteiger partial charge in [-0.05, 0) is 25.5 Å². The lowest BCUT2D eigenvalue weighted by atomic mass is 10.1. The summed E-state index contributed by atoms with van der Waals surface area (Å²) in [6.07, 6.45) is -0.851. The zero-order valence-electron chi connectivity index (χ0n) is 12.2. The van der Waals surface area contributed by atoms with Crippen LogP contribution in [0, 0.1) is 6.92 Å². The summed E-state index contributed by atoms with van der Waals surface area (Å²) in [6.45, 7) is 6.46. The minimum atomic E-state index is -1.09. The molecular weight excluding hydrogens is 274 g/mol. The van der Waals surface area contributed by atoms with E-state index < -0.39 is 30.0 Å². The number of carbonyl (C=O) groups excluding carboxylic acids is 3. The van der Waals surface area contributed by atoms with E-state index in [1.807, 2.05) is 0 Å². The van der Waals surface area contributed by atoms with Crippen molar-refractivity contribution < 1.29 is 23.9 Å². The van der Waals surface area contributed by atoms with Crippen molar-refractivity contribution in [1.29, 1.82) is 0 Å². The highest BCUT2D eigenvalue weighted by Gasteiger charge is 2.30. The number of methoxy groups -OCH3 is 1. The fraction of sp³-hybridized carbons (Fsp3) is 0.333. The highest BCUT2D eigenvalue weighted by atomic mass is 16.6. The van der Waals surface area contributed by atoms with Crippen LogP contribution in [0.15, 0.2) is 24.3 Å². The first-order valence-corrected chi connectivity index (χ1v) is 6.33. The van der Waals surface area contributed by atoms with Gasteiger partial charge < -0.3 is 14.8 Å². The Morgan fingerprint density at radius 3 is 2.38 bits per heavy atom. The van der Waals surface area contributed by atoms with E-state index >= 15 is 0 Å². The normalized spacial score (nSPS) is 13.0. The largest absolute Gasteiger partial charge is 0.467 e. The molecule has 6 nitrogen and oxygen atoms in total. The van der Waals surface area contributed by atoms with Crippen LogP contribution in [0.1, 0.15) is 29.8 Å². The van der Waals surface area contributed by atoms with Crippen LogP contribution in [0.4, 0.5) is 0 Å².